The van der Waals surface area contributed by atoms with Crippen LogP contribution in [0.2, 0.25) is 0 Å². The Balaban J connectivity index is 1.31. The molecule has 2 aliphatic rings. The maximum Gasteiger partial charge on any atom is 0.339 e. The maximum absolute atomic E-state index is 11.5. The summed E-state index contributed by atoms with van der Waals surface area (Å²) in [6, 6.07) is 6.00. The lowest BCUT2D eigenvalue weighted by Gasteiger charge is -2.07. The first-order valence-corrected chi connectivity index (χ1v) is 7.33. The molecule has 0 saturated carbocycles. The third-order valence-electron chi connectivity index (χ3n) is 4.07. The van der Waals surface area contributed by atoms with Crippen LogP contribution in [0.3, 0.4) is 0 Å². The molecular formula is C16H17N3O3. The van der Waals surface area contributed by atoms with Gasteiger partial charge in [-0.3, -0.25) is 9.58 Å². The quantitative estimate of drug-likeness (QED) is 0.616. The van der Waals surface area contributed by atoms with Gasteiger partial charge in [-0.1, -0.05) is 6.07 Å². The third-order valence-corrected chi connectivity index (χ3v) is 4.07. The first-order valence-electron chi connectivity index (χ1n) is 7.33. The molecule has 22 heavy (non-hydrogen) atoms. The van der Waals surface area contributed by atoms with E-state index in [2.05, 4.69) is 10.00 Å². The molecule has 3 heterocycles. The number of hydrogen-bond acceptors (Lipinski definition) is 5. The van der Waals surface area contributed by atoms with Crippen LogP contribution in [0.4, 0.5) is 0 Å². The first kappa shape index (κ1) is 13.3. The number of ether oxygens (including phenoxy) is 2. The summed E-state index contributed by atoms with van der Waals surface area (Å²) in [5.74, 6) is 0.468. The van der Waals surface area contributed by atoms with Crippen molar-refractivity contribution in [2.24, 2.45) is 7.05 Å². The molecule has 0 aliphatic carbocycles. The molecule has 0 spiro atoms. The summed E-state index contributed by atoms with van der Waals surface area (Å²) in [4.78, 5) is 13.9. The van der Waals surface area contributed by atoms with Crippen LogP contribution in [0, 0.1) is 0 Å². The molecule has 2 unspecified atom stereocenters. The highest BCUT2D eigenvalue weighted by Crippen LogP contribution is 2.26. The molecule has 1 fully saturated rings. The van der Waals surface area contributed by atoms with Gasteiger partial charge in [0.1, 0.15) is 19.0 Å². The van der Waals surface area contributed by atoms with Crippen molar-refractivity contribution in [1.29, 1.82) is 0 Å². The second-order valence-corrected chi connectivity index (χ2v) is 5.81. The molecule has 1 aromatic carbocycles. The van der Waals surface area contributed by atoms with E-state index in [0.717, 1.165) is 24.4 Å². The van der Waals surface area contributed by atoms with Gasteiger partial charge in [0, 0.05) is 37.5 Å². The van der Waals surface area contributed by atoms with E-state index < -0.39 is 0 Å². The number of hydrogen-bond donors (Lipinski definition) is 0. The number of rotatable bonds is 5. The molecule has 0 N–H and O–H groups in total. The second-order valence-electron chi connectivity index (χ2n) is 5.81. The summed E-state index contributed by atoms with van der Waals surface area (Å²) in [5.41, 5.74) is 2.77. The summed E-state index contributed by atoms with van der Waals surface area (Å²) >= 11 is 0. The number of aryl methyl sites for hydroxylation is 1. The molecule has 0 bridgehead atoms. The number of nitrogens with zero attached hydrogens (tertiary/aromatic N) is 3. The predicted molar refractivity (Wildman–Crippen MR) is 78.5 cm³/mol. The van der Waals surface area contributed by atoms with Gasteiger partial charge in [-0.25, -0.2) is 4.79 Å². The zero-order valence-corrected chi connectivity index (χ0v) is 12.4. The van der Waals surface area contributed by atoms with Crippen LogP contribution < -0.4 is 4.74 Å². The molecule has 1 aromatic heterocycles. The van der Waals surface area contributed by atoms with Gasteiger partial charge in [-0.2, -0.15) is 5.10 Å². The summed E-state index contributed by atoms with van der Waals surface area (Å²) in [5, 5.41) is 4.17. The van der Waals surface area contributed by atoms with Crippen LogP contribution in [0.1, 0.15) is 21.5 Å². The molecule has 6 heteroatoms. The van der Waals surface area contributed by atoms with Crippen LogP contribution in [0.25, 0.3) is 0 Å². The molecular weight excluding hydrogens is 282 g/mol. The van der Waals surface area contributed by atoms with Crippen molar-refractivity contribution in [2.75, 3.05) is 13.2 Å². The molecule has 2 atom stereocenters. The molecule has 0 radical (unpaired) electrons. The normalized spacial score (nSPS) is 22.3. The fourth-order valence-electron chi connectivity index (χ4n) is 2.74. The van der Waals surface area contributed by atoms with Gasteiger partial charge >= 0.3 is 5.97 Å². The topological polar surface area (TPSA) is 56.4 Å². The number of carbonyl (C=O) groups excluding carboxylic acids is 1. The minimum Gasteiger partial charge on any atom is -0.492 e. The van der Waals surface area contributed by atoms with Crippen molar-refractivity contribution in [3.63, 3.8) is 0 Å². The molecule has 2 aliphatic heterocycles. The van der Waals surface area contributed by atoms with Crippen molar-refractivity contribution in [3.8, 4) is 5.75 Å². The van der Waals surface area contributed by atoms with E-state index in [4.69, 9.17) is 9.47 Å². The van der Waals surface area contributed by atoms with Gasteiger partial charge < -0.3 is 9.47 Å². The Bertz CT molecular complexity index is 725. The van der Waals surface area contributed by atoms with E-state index in [1.54, 1.807) is 6.07 Å². The van der Waals surface area contributed by atoms with Gasteiger partial charge in [0.25, 0.3) is 0 Å². The Labute approximate surface area is 128 Å². The minimum absolute atomic E-state index is 0.259. The number of fused-ring (bicyclic) bond motifs is 1. The lowest BCUT2D eigenvalue weighted by molar-refractivity contribution is 0.0535. The third kappa shape index (κ3) is 2.57. The minimum atomic E-state index is -0.259. The van der Waals surface area contributed by atoms with Crippen LogP contribution in [0.5, 0.6) is 5.75 Å². The molecule has 2 aromatic rings. The SMILES string of the molecule is Cn1cc(CN2CC2COc2ccc3c(c2)C(=O)OC3)cn1. The standard InChI is InChI=1S/C16H17N3O3/c1-18-6-11(5-17-18)7-19-8-13(19)10-21-14-3-2-12-9-22-16(20)15(12)4-14/h2-6,13H,7-10H2,1H3. The van der Waals surface area contributed by atoms with E-state index in [9.17, 15) is 4.79 Å². The Hall–Kier alpha value is -2.34. The highest BCUT2D eigenvalue weighted by atomic mass is 16.5. The maximum atomic E-state index is 11.5. The van der Waals surface area contributed by atoms with E-state index in [1.807, 2.05) is 36.3 Å². The van der Waals surface area contributed by atoms with E-state index >= 15 is 0 Å². The molecule has 114 valence electrons. The Kier molecular flexibility index (Phi) is 3.11. The molecule has 0 amide bonds. The van der Waals surface area contributed by atoms with Crippen molar-refractivity contribution in [1.82, 2.24) is 14.7 Å². The van der Waals surface area contributed by atoms with E-state index in [-0.39, 0.29) is 5.97 Å². The van der Waals surface area contributed by atoms with Crippen LogP contribution in [-0.2, 0) is 24.9 Å². The molecule has 1 saturated heterocycles. The van der Waals surface area contributed by atoms with Gasteiger partial charge in [0.05, 0.1) is 17.8 Å². The van der Waals surface area contributed by atoms with Gasteiger partial charge in [0.15, 0.2) is 0 Å². The summed E-state index contributed by atoms with van der Waals surface area (Å²) in [7, 11) is 1.92. The highest BCUT2D eigenvalue weighted by Gasteiger charge is 2.34. The van der Waals surface area contributed by atoms with Crippen LogP contribution in [0.15, 0.2) is 30.6 Å². The smallest absolute Gasteiger partial charge is 0.339 e. The predicted octanol–water partition coefficient (Wildman–Crippen LogP) is 1.35. The van der Waals surface area contributed by atoms with E-state index in [0.29, 0.717) is 24.8 Å². The summed E-state index contributed by atoms with van der Waals surface area (Å²) in [6.07, 6.45) is 3.92. The van der Waals surface area contributed by atoms with Gasteiger partial charge in [-0.05, 0) is 12.1 Å². The lowest BCUT2D eigenvalue weighted by atomic mass is 10.1. The largest absolute Gasteiger partial charge is 0.492 e. The fourth-order valence-corrected chi connectivity index (χ4v) is 2.74. The Morgan fingerprint density at radius 1 is 1.45 bits per heavy atom. The molecule has 6 nitrogen and oxygen atoms in total. The first-order chi connectivity index (χ1) is 10.7. The summed E-state index contributed by atoms with van der Waals surface area (Å²) < 4.78 is 12.6. The monoisotopic (exact) mass is 299 g/mol. The van der Waals surface area contributed by atoms with Crippen molar-refractivity contribution in [2.45, 2.75) is 19.2 Å². The Morgan fingerprint density at radius 3 is 3.18 bits per heavy atom. The van der Waals surface area contributed by atoms with Crippen molar-refractivity contribution < 1.29 is 14.3 Å². The van der Waals surface area contributed by atoms with Crippen molar-refractivity contribution in [3.05, 3.63) is 47.3 Å². The highest BCUT2D eigenvalue weighted by molar-refractivity contribution is 5.93. The van der Waals surface area contributed by atoms with Gasteiger partial charge in [0.2, 0.25) is 0 Å². The summed E-state index contributed by atoms with van der Waals surface area (Å²) in [6.45, 7) is 2.93. The molecule has 4 rings (SSSR count). The Morgan fingerprint density at radius 2 is 2.36 bits per heavy atom. The zero-order valence-electron chi connectivity index (χ0n) is 12.4. The van der Waals surface area contributed by atoms with E-state index in [1.165, 1.54) is 5.56 Å². The average molecular weight is 299 g/mol. The lowest BCUT2D eigenvalue weighted by Crippen LogP contribution is -2.11. The fraction of sp³-hybridized carbons (Fsp3) is 0.375. The van der Waals surface area contributed by atoms with Crippen LogP contribution >= 0.6 is 0 Å². The number of aromatic nitrogens is 2. The van der Waals surface area contributed by atoms with Crippen LogP contribution in [-0.4, -0.2) is 39.8 Å². The zero-order chi connectivity index (χ0) is 15.1. The number of carbonyl (C=O) groups is 1. The van der Waals surface area contributed by atoms with Gasteiger partial charge in [-0.15, -0.1) is 0 Å². The number of esters is 1. The van der Waals surface area contributed by atoms with Crippen molar-refractivity contribution >= 4 is 5.97 Å². The number of benzene rings is 1. The average Bonchev–Trinajstić information content (AvgIpc) is 2.95. The second kappa shape index (κ2) is 5.14. The number of cyclic esters (lactones) is 1.